The Morgan fingerprint density at radius 3 is 2.00 bits per heavy atom. The van der Waals surface area contributed by atoms with Crippen molar-refractivity contribution in [2.75, 3.05) is 0 Å². The Hall–Kier alpha value is 0.363. The molecule has 0 heterocycles. The second-order valence-corrected chi connectivity index (χ2v) is 1.17. The summed E-state index contributed by atoms with van der Waals surface area (Å²) in [7, 11) is 0. The predicted molar refractivity (Wildman–Crippen MR) is 34.8 cm³/mol. The van der Waals surface area contributed by atoms with E-state index in [0.29, 0.717) is 0 Å². The zero-order chi connectivity index (χ0) is 4.83. The van der Waals surface area contributed by atoms with E-state index in [1.807, 2.05) is 0 Å². The van der Waals surface area contributed by atoms with Crippen LogP contribution in [0.4, 0.5) is 0 Å². The molecule has 0 unspecified atom stereocenters. The molecule has 0 saturated heterocycles. The molecule has 0 aromatic heterocycles. The average Bonchev–Trinajstić information content (AvgIpc) is 1.61. The van der Waals surface area contributed by atoms with Crippen molar-refractivity contribution in [3.8, 4) is 0 Å². The van der Waals surface area contributed by atoms with Gasteiger partial charge in [0.25, 0.3) is 0 Å². The summed E-state index contributed by atoms with van der Waals surface area (Å²) >= 11 is 0. The molecule has 0 rings (SSSR count). The Kier molecular flexibility index (Phi) is 30.9. The fraction of sp³-hybridized carbons (Fsp3) is 0.571. The monoisotopic (exact) mass is 162 g/mol. The minimum atomic E-state index is 0. The summed E-state index contributed by atoms with van der Waals surface area (Å²) in [4.78, 5) is 0. The maximum absolute atomic E-state index is 3.07. The first-order valence-corrected chi connectivity index (χ1v) is 2.46. The van der Waals surface area contributed by atoms with Crippen molar-refractivity contribution in [1.29, 1.82) is 0 Å². The van der Waals surface area contributed by atoms with Crippen molar-refractivity contribution in [3.05, 3.63) is 19.6 Å². The van der Waals surface area contributed by atoms with Gasteiger partial charge in [-0.2, -0.15) is 6.42 Å². The van der Waals surface area contributed by atoms with E-state index in [1.54, 1.807) is 0 Å². The van der Waals surface area contributed by atoms with Crippen LogP contribution < -0.4 is 0 Å². The molecule has 0 nitrogen and oxygen atoms in total. The van der Waals surface area contributed by atoms with E-state index in [-0.39, 0.29) is 26.9 Å². The molecule has 0 fully saturated rings. The molecular formula is C7H14Zn. The summed E-state index contributed by atoms with van der Waals surface area (Å²) in [5.41, 5.74) is 0. The number of rotatable bonds is 2. The second-order valence-electron chi connectivity index (χ2n) is 1.17. The quantitative estimate of drug-likeness (QED) is 0.434. The molecule has 44 valence electrons. The molecule has 0 atom stereocenters. The SMILES string of the molecule is CC[C-]=CCC.[CH3-].[Zn+2]. The molecule has 1 heteroatoms. The van der Waals surface area contributed by atoms with Gasteiger partial charge in [-0.05, 0) is 0 Å². The van der Waals surface area contributed by atoms with E-state index in [4.69, 9.17) is 0 Å². The van der Waals surface area contributed by atoms with Gasteiger partial charge >= 0.3 is 19.5 Å². The van der Waals surface area contributed by atoms with Crippen LogP contribution in [0, 0.1) is 13.5 Å². The molecule has 0 aliphatic heterocycles. The summed E-state index contributed by atoms with van der Waals surface area (Å²) in [6, 6.07) is 0. The van der Waals surface area contributed by atoms with Crippen molar-refractivity contribution in [1.82, 2.24) is 0 Å². The third-order valence-electron chi connectivity index (χ3n) is 0.553. The Balaban J connectivity index is -0.000000125. The molecule has 0 aromatic rings. The summed E-state index contributed by atoms with van der Waals surface area (Å²) < 4.78 is 0. The maximum Gasteiger partial charge on any atom is 2.00 e. The molecule has 0 aliphatic rings. The van der Waals surface area contributed by atoms with Crippen molar-refractivity contribution in [2.45, 2.75) is 26.7 Å². The van der Waals surface area contributed by atoms with Gasteiger partial charge in [0.1, 0.15) is 0 Å². The zero-order valence-corrected chi connectivity index (χ0v) is 9.17. The number of hydrogen-bond donors (Lipinski definition) is 0. The summed E-state index contributed by atoms with van der Waals surface area (Å²) in [6.07, 6.45) is 7.30. The minimum Gasteiger partial charge on any atom is -0.501 e. The van der Waals surface area contributed by atoms with Gasteiger partial charge in [0.05, 0.1) is 0 Å². The minimum absolute atomic E-state index is 0. The van der Waals surface area contributed by atoms with Gasteiger partial charge in [-0.1, -0.05) is 20.3 Å². The van der Waals surface area contributed by atoms with Gasteiger partial charge in [-0.15, -0.1) is 0 Å². The smallest absolute Gasteiger partial charge is 0.501 e. The Morgan fingerprint density at radius 1 is 1.38 bits per heavy atom. The zero-order valence-electron chi connectivity index (χ0n) is 6.20. The van der Waals surface area contributed by atoms with Crippen LogP contribution in [0.1, 0.15) is 26.7 Å². The maximum atomic E-state index is 3.07. The van der Waals surface area contributed by atoms with Crippen molar-refractivity contribution >= 4 is 0 Å². The Bertz CT molecular complexity index is 33.7. The van der Waals surface area contributed by atoms with Crippen molar-refractivity contribution in [2.24, 2.45) is 0 Å². The van der Waals surface area contributed by atoms with Gasteiger partial charge in [0.15, 0.2) is 0 Å². The summed E-state index contributed by atoms with van der Waals surface area (Å²) in [6.45, 7) is 4.20. The number of hydrogen-bond acceptors (Lipinski definition) is 0. The molecule has 0 aromatic carbocycles. The molecule has 0 spiro atoms. The third-order valence-corrected chi connectivity index (χ3v) is 0.553. The van der Waals surface area contributed by atoms with Crippen molar-refractivity contribution in [3.63, 3.8) is 0 Å². The van der Waals surface area contributed by atoms with Crippen LogP contribution in [0.5, 0.6) is 0 Å². The third kappa shape index (κ3) is 16.2. The van der Waals surface area contributed by atoms with Crippen LogP contribution in [0.25, 0.3) is 0 Å². The molecule has 0 bridgehead atoms. The molecule has 0 amide bonds. The summed E-state index contributed by atoms with van der Waals surface area (Å²) in [5.74, 6) is 0. The van der Waals surface area contributed by atoms with Gasteiger partial charge in [-0.25, -0.2) is 0 Å². The van der Waals surface area contributed by atoms with Crippen LogP contribution >= 0.6 is 0 Å². The normalized spacial score (nSPS) is 7.75. The number of allylic oxidation sites excluding steroid dienone is 2. The van der Waals surface area contributed by atoms with E-state index in [2.05, 4.69) is 26.0 Å². The van der Waals surface area contributed by atoms with Crippen LogP contribution in [0.2, 0.25) is 0 Å². The first-order chi connectivity index (χ1) is 2.91. The fourth-order valence-corrected chi connectivity index (χ4v) is 0.289. The first kappa shape index (κ1) is 15.8. The molecule has 0 saturated carbocycles. The molecular weight excluding hydrogens is 149 g/mol. The summed E-state index contributed by atoms with van der Waals surface area (Å²) in [5, 5.41) is 0. The van der Waals surface area contributed by atoms with Gasteiger partial charge in [0.2, 0.25) is 0 Å². The largest absolute Gasteiger partial charge is 2.00 e. The van der Waals surface area contributed by atoms with E-state index >= 15 is 0 Å². The molecule has 0 N–H and O–H groups in total. The molecule has 0 aliphatic carbocycles. The van der Waals surface area contributed by atoms with Gasteiger partial charge in [0, 0.05) is 0 Å². The second kappa shape index (κ2) is 15.7. The van der Waals surface area contributed by atoms with Crippen LogP contribution in [0.3, 0.4) is 0 Å². The van der Waals surface area contributed by atoms with Crippen LogP contribution in [-0.4, -0.2) is 0 Å². The fourth-order valence-electron chi connectivity index (χ4n) is 0.289. The topological polar surface area (TPSA) is 0 Å². The van der Waals surface area contributed by atoms with Crippen LogP contribution in [-0.2, 0) is 19.5 Å². The predicted octanol–water partition coefficient (Wildman–Crippen LogP) is 2.61. The van der Waals surface area contributed by atoms with Gasteiger partial charge < -0.3 is 13.5 Å². The van der Waals surface area contributed by atoms with E-state index < -0.39 is 0 Å². The Labute approximate surface area is 66.1 Å². The molecule has 8 heavy (non-hydrogen) atoms. The van der Waals surface area contributed by atoms with Gasteiger partial charge in [-0.3, -0.25) is 6.08 Å². The Morgan fingerprint density at radius 2 is 1.88 bits per heavy atom. The average molecular weight is 164 g/mol. The van der Waals surface area contributed by atoms with Crippen molar-refractivity contribution < 1.29 is 19.5 Å². The van der Waals surface area contributed by atoms with E-state index in [1.165, 1.54) is 0 Å². The standard InChI is InChI=1S/C6H11.CH3.Zn/c1-3-5-6-4-2;;/h5H,3-4H2,1-2H3;1H3;/q2*-1;+2. The molecule has 0 radical (unpaired) electrons. The van der Waals surface area contributed by atoms with Crippen LogP contribution in [0.15, 0.2) is 6.08 Å². The first-order valence-electron chi connectivity index (χ1n) is 2.46. The van der Waals surface area contributed by atoms with E-state index in [0.717, 1.165) is 12.8 Å². The van der Waals surface area contributed by atoms with E-state index in [9.17, 15) is 0 Å².